The van der Waals surface area contributed by atoms with Crippen molar-refractivity contribution in [1.29, 1.82) is 0 Å². The van der Waals surface area contributed by atoms with Crippen LogP contribution in [0.15, 0.2) is 0 Å². The Kier molecular flexibility index (Phi) is 14.9. The second-order valence-electron chi connectivity index (χ2n) is 6.42. The molecule has 9 N–H and O–H groups in total. The largest absolute Gasteiger partial charge is 0.480 e. The molecule has 0 aliphatic heterocycles. The molecular weight excluding hydrogens is 370 g/mol. The van der Waals surface area contributed by atoms with Gasteiger partial charge in [0.1, 0.15) is 12.1 Å². The van der Waals surface area contributed by atoms with Crippen LogP contribution in [0, 0.1) is 0 Å². The lowest BCUT2D eigenvalue weighted by Crippen LogP contribution is -2.54. The van der Waals surface area contributed by atoms with E-state index < -0.39 is 35.9 Å². The first-order chi connectivity index (χ1) is 12.9. The van der Waals surface area contributed by atoms with Crippen LogP contribution in [0.25, 0.3) is 0 Å². The van der Waals surface area contributed by atoms with Crippen molar-refractivity contribution in [3.8, 4) is 0 Å². The van der Waals surface area contributed by atoms with Crippen molar-refractivity contribution in [3.63, 3.8) is 0 Å². The highest BCUT2D eigenvalue weighted by Crippen LogP contribution is 2.06. The summed E-state index contributed by atoms with van der Waals surface area (Å²) < 4.78 is 0. The second kappa shape index (κ2) is 15.7. The molecule has 3 atom stereocenters. The molecule has 2 amide bonds. The minimum Gasteiger partial charge on any atom is -0.480 e. The monoisotopic (exact) mass is 405 g/mol. The van der Waals surface area contributed by atoms with Crippen LogP contribution in [0.3, 0.4) is 0 Å². The summed E-state index contributed by atoms with van der Waals surface area (Å²) in [6, 6.07) is -2.55. The zero-order valence-corrected chi connectivity index (χ0v) is 16.9. The summed E-state index contributed by atoms with van der Waals surface area (Å²) in [7, 11) is 0. The van der Waals surface area contributed by atoms with Gasteiger partial charge in [0, 0.05) is 0 Å². The van der Waals surface area contributed by atoms with E-state index in [1.807, 2.05) is 6.26 Å². The predicted molar refractivity (Wildman–Crippen MR) is 108 cm³/mol. The van der Waals surface area contributed by atoms with Gasteiger partial charge in [-0.15, -0.1) is 0 Å². The third-order valence-electron chi connectivity index (χ3n) is 4.11. The molecule has 158 valence electrons. The lowest BCUT2D eigenvalue weighted by atomic mass is 10.1. The molecule has 0 aliphatic rings. The van der Waals surface area contributed by atoms with E-state index >= 15 is 0 Å². The Bertz CT molecular complexity index is 453. The van der Waals surface area contributed by atoms with E-state index in [0.29, 0.717) is 50.9 Å². The number of unbranched alkanes of at least 4 members (excludes halogenated alkanes) is 2. The number of thioether (sulfide) groups is 1. The molecule has 0 heterocycles. The molecule has 0 aliphatic carbocycles. The summed E-state index contributed by atoms with van der Waals surface area (Å²) in [6.07, 6.45) is 5.87. The zero-order valence-electron chi connectivity index (χ0n) is 16.1. The fourth-order valence-corrected chi connectivity index (χ4v) is 2.92. The number of hydrogen-bond acceptors (Lipinski definition) is 7. The number of carboxylic acid groups (broad SMARTS) is 1. The van der Waals surface area contributed by atoms with E-state index in [-0.39, 0.29) is 0 Å². The average Bonchev–Trinajstić information content (AvgIpc) is 2.63. The number of carbonyl (C=O) groups excluding carboxylic acids is 2. The fourth-order valence-electron chi connectivity index (χ4n) is 2.45. The van der Waals surface area contributed by atoms with Crippen molar-refractivity contribution >= 4 is 29.5 Å². The Morgan fingerprint density at radius 1 is 0.889 bits per heavy atom. The van der Waals surface area contributed by atoms with E-state index in [2.05, 4.69) is 10.6 Å². The summed E-state index contributed by atoms with van der Waals surface area (Å²) in [5, 5.41) is 14.5. The van der Waals surface area contributed by atoms with E-state index in [0.717, 1.165) is 12.8 Å². The van der Waals surface area contributed by atoms with E-state index in [1.54, 1.807) is 0 Å². The van der Waals surface area contributed by atoms with Crippen LogP contribution in [0.2, 0.25) is 0 Å². The highest BCUT2D eigenvalue weighted by molar-refractivity contribution is 7.98. The lowest BCUT2D eigenvalue weighted by Gasteiger charge is -2.23. The van der Waals surface area contributed by atoms with Gasteiger partial charge >= 0.3 is 5.97 Å². The topological polar surface area (TPSA) is 174 Å². The second-order valence-corrected chi connectivity index (χ2v) is 7.40. The van der Waals surface area contributed by atoms with Gasteiger partial charge in [0.15, 0.2) is 0 Å². The van der Waals surface area contributed by atoms with Gasteiger partial charge in [-0.1, -0.05) is 6.42 Å². The molecule has 0 unspecified atom stereocenters. The number of aliphatic carboxylic acids is 1. The molecule has 0 aromatic rings. The minimum absolute atomic E-state index is 0.310. The zero-order chi connectivity index (χ0) is 20.7. The molecule has 0 rings (SSSR count). The predicted octanol–water partition coefficient (Wildman–Crippen LogP) is -0.621. The maximum atomic E-state index is 12.5. The average molecular weight is 406 g/mol. The third kappa shape index (κ3) is 11.9. The Labute approximate surface area is 165 Å². The maximum absolute atomic E-state index is 12.5. The number of nitrogens with two attached hydrogens (primary N) is 3. The standard InChI is InChI=1S/C17H35N5O4S/c1-27-11-8-14(17(25)26)22-16(24)13(7-3-5-10-19)21-15(23)12(20)6-2-4-9-18/h12-14H,2-11,18-20H2,1H3,(H,21,23)(H,22,24)(H,25,26)/t12-,13-,14-/m0/s1. The molecule has 0 aromatic heterocycles. The van der Waals surface area contributed by atoms with Crippen LogP contribution in [-0.4, -0.2) is 66.1 Å². The van der Waals surface area contributed by atoms with Gasteiger partial charge in [0.05, 0.1) is 6.04 Å². The van der Waals surface area contributed by atoms with Crippen LogP contribution in [0.5, 0.6) is 0 Å². The Hall–Kier alpha value is -1.36. The van der Waals surface area contributed by atoms with Crippen molar-refractivity contribution < 1.29 is 19.5 Å². The summed E-state index contributed by atoms with van der Waals surface area (Å²) >= 11 is 1.50. The number of hydrogen-bond donors (Lipinski definition) is 6. The van der Waals surface area contributed by atoms with E-state index in [1.165, 1.54) is 11.8 Å². The fraction of sp³-hybridized carbons (Fsp3) is 0.824. The Balaban J connectivity index is 4.86. The Morgan fingerprint density at radius 3 is 1.96 bits per heavy atom. The molecular formula is C17H35N5O4S. The third-order valence-corrected chi connectivity index (χ3v) is 4.76. The number of carboxylic acids is 1. The van der Waals surface area contributed by atoms with Crippen molar-refractivity contribution in [2.24, 2.45) is 17.2 Å². The summed E-state index contributed by atoms with van der Waals surface area (Å²) in [6.45, 7) is 1.01. The van der Waals surface area contributed by atoms with E-state index in [4.69, 9.17) is 17.2 Å². The van der Waals surface area contributed by atoms with Crippen molar-refractivity contribution in [1.82, 2.24) is 10.6 Å². The molecule has 9 nitrogen and oxygen atoms in total. The molecule has 0 spiro atoms. The van der Waals surface area contributed by atoms with Gasteiger partial charge < -0.3 is 32.9 Å². The van der Waals surface area contributed by atoms with Gasteiger partial charge in [-0.3, -0.25) is 9.59 Å². The van der Waals surface area contributed by atoms with Gasteiger partial charge in [0.2, 0.25) is 11.8 Å². The van der Waals surface area contributed by atoms with Crippen LogP contribution in [0.4, 0.5) is 0 Å². The molecule has 0 radical (unpaired) electrons. The quantitative estimate of drug-likeness (QED) is 0.184. The summed E-state index contributed by atoms with van der Waals surface area (Å²) in [4.78, 5) is 36.2. The first-order valence-corrected chi connectivity index (χ1v) is 10.7. The Morgan fingerprint density at radius 2 is 1.44 bits per heavy atom. The van der Waals surface area contributed by atoms with Gasteiger partial charge in [-0.25, -0.2) is 4.79 Å². The normalized spacial score (nSPS) is 14.2. The SMILES string of the molecule is CSCC[C@H](NC(=O)[C@H](CCCCN)NC(=O)[C@@H](N)CCCCN)C(=O)O. The molecule has 27 heavy (non-hydrogen) atoms. The van der Waals surface area contributed by atoms with Crippen LogP contribution >= 0.6 is 11.8 Å². The van der Waals surface area contributed by atoms with E-state index in [9.17, 15) is 19.5 Å². The molecule has 0 aromatic carbocycles. The first kappa shape index (κ1) is 25.6. The van der Waals surface area contributed by atoms with Crippen molar-refractivity contribution in [2.75, 3.05) is 25.1 Å². The highest BCUT2D eigenvalue weighted by Gasteiger charge is 2.27. The van der Waals surface area contributed by atoms with Crippen molar-refractivity contribution in [3.05, 3.63) is 0 Å². The van der Waals surface area contributed by atoms with Crippen LogP contribution < -0.4 is 27.8 Å². The van der Waals surface area contributed by atoms with Gasteiger partial charge in [0.25, 0.3) is 0 Å². The number of nitrogens with one attached hydrogen (secondary N) is 2. The highest BCUT2D eigenvalue weighted by atomic mass is 32.2. The van der Waals surface area contributed by atoms with Crippen LogP contribution in [-0.2, 0) is 14.4 Å². The van der Waals surface area contributed by atoms with Gasteiger partial charge in [-0.2, -0.15) is 11.8 Å². The smallest absolute Gasteiger partial charge is 0.326 e. The number of rotatable bonds is 16. The molecule has 0 saturated heterocycles. The van der Waals surface area contributed by atoms with Crippen LogP contribution in [0.1, 0.15) is 44.9 Å². The summed E-state index contributed by atoms with van der Waals surface area (Å²) in [5.74, 6) is -1.42. The lowest BCUT2D eigenvalue weighted by molar-refractivity contribution is -0.142. The van der Waals surface area contributed by atoms with Crippen molar-refractivity contribution in [2.45, 2.75) is 63.1 Å². The summed E-state index contributed by atoms with van der Waals surface area (Å²) in [5.41, 5.74) is 16.8. The maximum Gasteiger partial charge on any atom is 0.326 e. The molecule has 0 bridgehead atoms. The minimum atomic E-state index is -1.09. The molecule has 10 heteroatoms. The number of carbonyl (C=O) groups is 3. The molecule has 0 fully saturated rings. The number of amides is 2. The molecule has 0 saturated carbocycles. The first-order valence-electron chi connectivity index (χ1n) is 9.35. The van der Waals surface area contributed by atoms with Gasteiger partial charge in [-0.05, 0) is 63.6 Å².